The van der Waals surface area contributed by atoms with Crippen LogP contribution in [-0.4, -0.2) is 29.2 Å². The van der Waals surface area contributed by atoms with Gasteiger partial charge in [-0.25, -0.2) is 0 Å². The fourth-order valence-corrected chi connectivity index (χ4v) is 2.38. The number of ketones is 1. The third kappa shape index (κ3) is 4.97. The smallest absolute Gasteiger partial charge is 0.229 e. The van der Waals surface area contributed by atoms with E-state index in [0.717, 1.165) is 24.8 Å². The van der Waals surface area contributed by atoms with Gasteiger partial charge in [0.05, 0.1) is 6.04 Å². The summed E-state index contributed by atoms with van der Waals surface area (Å²) in [7, 11) is 0. The van der Waals surface area contributed by atoms with Crippen LogP contribution < -0.4 is 0 Å². The molecule has 0 aliphatic heterocycles. The number of rotatable bonds is 9. The summed E-state index contributed by atoms with van der Waals surface area (Å²) in [5.41, 5.74) is 0.810. The predicted octanol–water partition coefficient (Wildman–Crippen LogP) is 4.06. The van der Waals surface area contributed by atoms with E-state index in [1.807, 2.05) is 45.9 Å². The lowest BCUT2D eigenvalue weighted by Gasteiger charge is -2.31. The van der Waals surface area contributed by atoms with Crippen LogP contribution in [0.2, 0.25) is 0 Å². The first-order valence-electron chi connectivity index (χ1n) is 8.14. The summed E-state index contributed by atoms with van der Waals surface area (Å²) in [5, 5.41) is 0. The highest BCUT2D eigenvalue weighted by Crippen LogP contribution is 2.47. The van der Waals surface area contributed by atoms with Gasteiger partial charge in [-0.3, -0.25) is 9.59 Å². The van der Waals surface area contributed by atoms with Crippen molar-refractivity contribution < 1.29 is 9.59 Å². The Labute approximate surface area is 134 Å². The highest BCUT2D eigenvalue weighted by Gasteiger charge is 2.48. The van der Waals surface area contributed by atoms with Crippen molar-refractivity contribution in [2.75, 3.05) is 6.54 Å². The Balaban J connectivity index is 2.89. The molecule has 0 unspecified atom stereocenters. The maximum atomic E-state index is 12.8. The molecule has 1 aliphatic rings. The Morgan fingerprint density at radius 3 is 2.45 bits per heavy atom. The zero-order valence-electron chi connectivity index (χ0n) is 14.4. The molecule has 1 aliphatic carbocycles. The van der Waals surface area contributed by atoms with E-state index in [9.17, 15) is 9.59 Å². The summed E-state index contributed by atoms with van der Waals surface area (Å²) >= 11 is 0. The second-order valence-electron chi connectivity index (χ2n) is 6.52. The largest absolute Gasteiger partial charge is 0.328 e. The Kier molecular flexibility index (Phi) is 6.79. The van der Waals surface area contributed by atoms with Crippen LogP contribution in [0.3, 0.4) is 0 Å². The van der Waals surface area contributed by atoms with Crippen LogP contribution in [0.25, 0.3) is 0 Å². The Hall–Kier alpha value is -1.64. The van der Waals surface area contributed by atoms with Crippen LogP contribution in [0.1, 0.15) is 53.4 Å². The highest BCUT2D eigenvalue weighted by molar-refractivity contribution is 5.92. The molecule has 0 radical (unpaired) electrons. The first-order valence-corrected chi connectivity index (χ1v) is 8.14. The molecule has 3 heteroatoms. The minimum atomic E-state index is -0.350. The molecule has 1 fully saturated rings. The number of hydrogen-bond donors (Lipinski definition) is 0. The normalized spacial score (nSPS) is 18.1. The lowest BCUT2D eigenvalue weighted by atomic mass is 10.0. The second-order valence-corrected chi connectivity index (χ2v) is 6.52. The number of allylic oxidation sites excluding steroid dienone is 4. The van der Waals surface area contributed by atoms with Crippen LogP contribution in [0.15, 0.2) is 36.5 Å². The van der Waals surface area contributed by atoms with E-state index in [-0.39, 0.29) is 23.1 Å². The summed E-state index contributed by atoms with van der Waals surface area (Å²) in [6.07, 6.45) is 10.6. The van der Waals surface area contributed by atoms with Gasteiger partial charge in [0, 0.05) is 18.4 Å². The second kappa shape index (κ2) is 8.11. The summed E-state index contributed by atoms with van der Waals surface area (Å²) in [6.45, 7) is 12.0. The molecule has 0 heterocycles. The van der Waals surface area contributed by atoms with Crippen molar-refractivity contribution in [2.45, 2.75) is 59.4 Å². The molecule has 0 N–H and O–H groups in total. The SMILES string of the molecule is C=C/C=C\C=C(/C)CN(C(=O)C1(C)CC1)[C@H](C)C(=O)CCC. The summed E-state index contributed by atoms with van der Waals surface area (Å²) in [6, 6.07) is -0.350. The average molecular weight is 303 g/mol. The topological polar surface area (TPSA) is 37.4 Å². The summed E-state index contributed by atoms with van der Waals surface area (Å²) < 4.78 is 0. The fraction of sp³-hybridized carbons (Fsp3) is 0.579. The lowest BCUT2D eigenvalue weighted by Crippen LogP contribution is -2.47. The van der Waals surface area contributed by atoms with Gasteiger partial charge in [0.25, 0.3) is 0 Å². The molecule has 0 saturated heterocycles. The predicted molar refractivity (Wildman–Crippen MR) is 91.5 cm³/mol. The molecule has 0 aromatic heterocycles. The Morgan fingerprint density at radius 2 is 1.95 bits per heavy atom. The first kappa shape index (κ1) is 18.4. The molecule has 22 heavy (non-hydrogen) atoms. The summed E-state index contributed by atoms with van der Waals surface area (Å²) in [4.78, 5) is 26.8. The Bertz CT molecular complexity index is 484. The minimum Gasteiger partial charge on any atom is -0.328 e. The van der Waals surface area contributed by atoms with E-state index in [0.29, 0.717) is 13.0 Å². The molecular formula is C19H29NO2. The summed E-state index contributed by atoms with van der Waals surface area (Å²) in [5.74, 6) is 0.263. The lowest BCUT2D eigenvalue weighted by molar-refractivity contribution is -0.142. The van der Waals surface area contributed by atoms with Crippen molar-refractivity contribution in [3.05, 3.63) is 36.5 Å². The van der Waals surface area contributed by atoms with Gasteiger partial charge in [0.1, 0.15) is 0 Å². The average Bonchev–Trinajstić information content (AvgIpc) is 3.23. The third-order valence-electron chi connectivity index (χ3n) is 4.25. The number of nitrogens with zero attached hydrogens (tertiary/aromatic N) is 1. The van der Waals surface area contributed by atoms with Crippen molar-refractivity contribution in [3.63, 3.8) is 0 Å². The van der Waals surface area contributed by atoms with Gasteiger partial charge >= 0.3 is 0 Å². The molecule has 1 saturated carbocycles. The maximum absolute atomic E-state index is 12.8. The van der Waals surface area contributed by atoms with Crippen molar-refractivity contribution in [2.24, 2.45) is 5.41 Å². The van der Waals surface area contributed by atoms with Crippen LogP contribution in [-0.2, 0) is 9.59 Å². The zero-order chi connectivity index (χ0) is 16.8. The molecule has 1 amide bonds. The molecule has 0 bridgehead atoms. The number of carbonyl (C=O) groups is 2. The van der Waals surface area contributed by atoms with Gasteiger partial charge in [0.15, 0.2) is 5.78 Å². The van der Waals surface area contributed by atoms with Crippen LogP contribution in [0.4, 0.5) is 0 Å². The van der Waals surface area contributed by atoms with Gasteiger partial charge in [-0.1, -0.05) is 50.3 Å². The minimum absolute atomic E-state index is 0.116. The number of Topliss-reactive ketones (excluding diaryl/α,β-unsaturated/α-hetero) is 1. The van der Waals surface area contributed by atoms with E-state index < -0.39 is 0 Å². The number of amides is 1. The number of hydrogen-bond acceptors (Lipinski definition) is 2. The number of carbonyl (C=O) groups excluding carboxylic acids is 2. The zero-order valence-corrected chi connectivity index (χ0v) is 14.4. The quantitative estimate of drug-likeness (QED) is 0.602. The highest BCUT2D eigenvalue weighted by atomic mass is 16.2. The van der Waals surface area contributed by atoms with Gasteiger partial charge in [-0.05, 0) is 33.1 Å². The van der Waals surface area contributed by atoms with Gasteiger partial charge < -0.3 is 4.90 Å². The van der Waals surface area contributed by atoms with E-state index in [4.69, 9.17) is 0 Å². The Morgan fingerprint density at radius 1 is 1.32 bits per heavy atom. The molecule has 0 spiro atoms. The molecule has 122 valence electrons. The van der Waals surface area contributed by atoms with Gasteiger partial charge in [0.2, 0.25) is 5.91 Å². The fourth-order valence-electron chi connectivity index (χ4n) is 2.38. The van der Waals surface area contributed by atoms with E-state index in [1.54, 1.807) is 11.0 Å². The van der Waals surface area contributed by atoms with Crippen molar-refractivity contribution in [3.8, 4) is 0 Å². The van der Waals surface area contributed by atoms with Crippen molar-refractivity contribution in [1.29, 1.82) is 0 Å². The third-order valence-corrected chi connectivity index (χ3v) is 4.25. The molecule has 1 atom stereocenters. The van der Waals surface area contributed by atoms with E-state index in [1.165, 1.54) is 0 Å². The molecule has 3 nitrogen and oxygen atoms in total. The standard InChI is InChI=1S/C19H29NO2/c1-6-8-9-11-15(3)14-20(16(4)17(21)10-7-2)18(22)19(5)12-13-19/h6,8-9,11,16H,1,7,10,12-14H2,2-5H3/b9-8-,15-11+/t16-/m1/s1. The monoisotopic (exact) mass is 303 g/mol. The maximum Gasteiger partial charge on any atom is 0.229 e. The van der Waals surface area contributed by atoms with Crippen LogP contribution >= 0.6 is 0 Å². The molecule has 1 rings (SSSR count). The van der Waals surface area contributed by atoms with Gasteiger partial charge in [-0.2, -0.15) is 0 Å². The van der Waals surface area contributed by atoms with Crippen LogP contribution in [0.5, 0.6) is 0 Å². The molecule has 0 aromatic carbocycles. The van der Waals surface area contributed by atoms with Crippen LogP contribution in [0, 0.1) is 5.41 Å². The van der Waals surface area contributed by atoms with E-state index >= 15 is 0 Å². The van der Waals surface area contributed by atoms with Gasteiger partial charge in [-0.15, -0.1) is 0 Å². The molecular weight excluding hydrogens is 274 g/mol. The first-order chi connectivity index (χ1) is 10.4. The van der Waals surface area contributed by atoms with Crippen molar-refractivity contribution >= 4 is 11.7 Å². The molecule has 0 aromatic rings. The van der Waals surface area contributed by atoms with Crippen molar-refractivity contribution in [1.82, 2.24) is 4.90 Å². The van der Waals surface area contributed by atoms with E-state index in [2.05, 4.69) is 6.58 Å².